The van der Waals surface area contributed by atoms with Gasteiger partial charge in [0.25, 0.3) is 0 Å². The van der Waals surface area contributed by atoms with Crippen LogP contribution >= 0.6 is 0 Å². The molecule has 3 heteroatoms. The van der Waals surface area contributed by atoms with Crippen LogP contribution in [-0.4, -0.2) is 6.79 Å². The SMILES string of the molecule is CCCCCC(C#N)c1cccc2c1OCO2. The smallest absolute Gasteiger partial charge is 0.231 e. The Balaban J connectivity index is 2.15. The normalized spacial score (nSPS) is 14.4. The van der Waals surface area contributed by atoms with Gasteiger partial charge in [-0.1, -0.05) is 38.3 Å². The quantitative estimate of drug-likeness (QED) is 0.727. The third-order valence-electron chi connectivity index (χ3n) is 3.05. The molecule has 0 aliphatic carbocycles. The Morgan fingerprint density at radius 2 is 2.24 bits per heavy atom. The molecule has 1 aromatic carbocycles. The Hall–Kier alpha value is -1.69. The van der Waals surface area contributed by atoms with E-state index in [0.29, 0.717) is 0 Å². The molecule has 0 aromatic heterocycles. The van der Waals surface area contributed by atoms with Crippen LogP contribution in [0.5, 0.6) is 11.5 Å². The van der Waals surface area contributed by atoms with Crippen molar-refractivity contribution in [1.82, 2.24) is 0 Å². The number of hydrogen-bond acceptors (Lipinski definition) is 3. The van der Waals surface area contributed by atoms with Gasteiger partial charge in [-0.2, -0.15) is 5.26 Å². The Morgan fingerprint density at radius 1 is 1.35 bits per heavy atom. The van der Waals surface area contributed by atoms with Crippen molar-refractivity contribution in [2.75, 3.05) is 6.79 Å². The van der Waals surface area contributed by atoms with E-state index in [9.17, 15) is 5.26 Å². The average Bonchev–Trinajstić information content (AvgIpc) is 2.83. The molecule has 90 valence electrons. The van der Waals surface area contributed by atoms with E-state index in [1.807, 2.05) is 18.2 Å². The summed E-state index contributed by atoms with van der Waals surface area (Å²) in [5.41, 5.74) is 0.971. The topological polar surface area (TPSA) is 42.2 Å². The number of hydrogen-bond donors (Lipinski definition) is 0. The molecule has 3 nitrogen and oxygen atoms in total. The molecule has 0 fully saturated rings. The largest absolute Gasteiger partial charge is 0.454 e. The highest BCUT2D eigenvalue weighted by atomic mass is 16.7. The minimum Gasteiger partial charge on any atom is -0.454 e. The van der Waals surface area contributed by atoms with Crippen molar-refractivity contribution in [3.8, 4) is 17.6 Å². The van der Waals surface area contributed by atoms with E-state index in [2.05, 4.69) is 13.0 Å². The van der Waals surface area contributed by atoms with Crippen molar-refractivity contribution >= 4 is 0 Å². The highest BCUT2D eigenvalue weighted by molar-refractivity contribution is 5.51. The molecule has 0 spiro atoms. The number of benzene rings is 1. The molecule has 0 amide bonds. The van der Waals surface area contributed by atoms with Gasteiger partial charge in [-0.05, 0) is 12.5 Å². The van der Waals surface area contributed by atoms with Crippen molar-refractivity contribution in [1.29, 1.82) is 5.26 Å². The van der Waals surface area contributed by atoms with Gasteiger partial charge in [0.05, 0.1) is 12.0 Å². The number of ether oxygens (including phenoxy) is 2. The summed E-state index contributed by atoms with van der Waals surface area (Å²) in [6.07, 6.45) is 4.32. The summed E-state index contributed by atoms with van der Waals surface area (Å²) in [6, 6.07) is 8.14. The first-order valence-electron chi connectivity index (χ1n) is 6.15. The molecule has 1 unspecified atom stereocenters. The van der Waals surface area contributed by atoms with E-state index in [1.165, 1.54) is 12.8 Å². The lowest BCUT2D eigenvalue weighted by molar-refractivity contribution is 0.173. The lowest BCUT2D eigenvalue weighted by atomic mass is 9.93. The highest BCUT2D eigenvalue weighted by Gasteiger charge is 2.22. The summed E-state index contributed by atoms with van der Waals surface area (Å²) in [5.74, 6) is 1.44. The second-order valence-electron chi connectivity index (χ2n) is 4.26. The van der Waals surface area contributed by atoms with E-state index >= 15 is 0 Å². The highest BCUT2D eigenvalue weighted by Crippen LogP contribution is 2.40. The Morgan fingerprint density at radius 3 is 3.00 bits per heavy atom. The van der Waals surface area contributed by atoms with Crippen molar-refractivity contribution < 1.29 is 9.47 Å². The maximum atomic E-state index is 9.26. The lowest BCUT2D eigenvalue weighted by Crippen LogP contribution is -1.99. The maximum Gasteiger partial charge on any atom is 0.231 e. The first-order chi connectivity index (χ1) is 8.36. The summed E-state index contributed by atoms with van der Waals surface area (Å²) in [7, 11) is 0. The molecule has 0 radical (unpaired) electrons. The number of fused-ring (bicyclic) bond motifs is 1. The number of unbranched alkanes of at least 4 members (excludes halogenated alkanes) is 2. The first-order valence-corrected chi connectivity index (χ1v) is 6.15. The van der Waals surface area contributed by atoms with Crippen LogP contribution in [-0.2, 0) is 0 Å². The summed E-state index contributed by atoms with van der Waals surface area (Å²) in [4.78, 5) is 0. The van der Waals surface area contributed by atoms with Crippen molar-refractivity contribution in [3.05, 3.63) is 23.8 Å². The van der Waals surface area contributed by atoms with E-state index in [-0.39, 0.29) is 12.7 Å². The molecule has 1 aromatic rings. The first kappa shape index (κ1) is 11.8. The van der Waals surface area contributed by atoms with Crippen LogP contribution in [0.1, 0.15) is 44.1 Å². The average molecular weight is 231 g/mol. The predicted octanol–water partition coefficient (Wildman–Crippen LogP) is 3.60. The zero-order valence-corrected chi connectivity index (χ0v) is 10.1. The summed E-state index contributed by atoms with van der Waals surface area (Å²) in [5, 5.41) is 9.26. The van der Waals surface area contributed by atoms with E-state index in [1.54, 1.807) is 0 Å². The fourth-order valence-corrected chi connectivity index (χ4v) is 2.12. The van der Waals surface area contributed by atoms with Gasteiger partial charge >= 0.3 is 0 Å². The van der Waals surface area contributed by atoms with Crippen LogP contribution in [0.25, 0.3) is 0 Å². The molecule has 17 heavy (non-hydrogen) atoms. The molecule has 1 aliphatic rings. The van der Waals surface area contributed by atoms with Crippen LogP contribution < -0.4 is 9.47 Å². The Kier molecular flexibility index (Phi) is 3.87. The molecular formula is C14H17NO2. The zero-order valence-electron chi connectivity index (χ0n) is 10.1. The van der Waals surface area contributed by atoms with E-state index in [4.69, 9.17) is 9.47 Å². The molecular weight excluding hydrogens is 214 g/mol. The van der Waals surface area contributed by atoms with Crippen LogP contribution in [0.2, 0.25) is 0 Å². The van der Waals surface area contributed by atoms with Gasteiger partial charge in [0.2, 0.25) is 6.79 Å². The van der Waals surface area contributed by atoms with Gasteiger partial charge in [0.15, 0.2) is 11.5 Å². The number of para-hydroxylation sites is 1. The van der Waals surface area contributed by atoms with Crippen LogP contribution in [0.15, 0.2) is 18.2 Å². The molecule has 2 rings (SSSR count). The summed E-state index contributed by atoms with van der Waals surface area (Å²) in [6.45, 7) is 2.43. The Labute approximate surface area is 102 Å². The molecule has 1 atom stereocenters. The maximum absolute atomic E-state index is 9.26. The molecule has 1 heterocycles. The van der Waals surface area contributed by atoms with Crippen molar-refractivity contribution in [3.63, 3.8) is 0 Å². The Bertz CT molecular complexity index is 423. The van der Waals surface area contributed by atoms with E-state index < -0.39 is 0 Å². The van der Waals surface area contributed by atoms with Crippen molar-refractivity contribution in [2.45, 2.75) is 38.5 Å². The number of nitrogens with zero attached hydrogens (tertiary/aromatic N) is 1. The third kappa shape index (κ3) is 2.52. The fourth-order valence-electron chi connectivity index (χ4n) is 2.12. The van der Waals surface area contributed by atoms with Crippen LogP contribution in [0, 0.1) is 11.3 Å². The van der Waals surface area contributed by atoms with Gasteiger partial charge in [-0.25, -0.2) is 0 Å². The van der Waals surface area contributed by atoms with Crippen molar-refractivity contribution in [2.24, 2.45) is 0 Å². The minimum atomic E-state index is -0.0850. The molecule has 1 aliphatic heterocycles. The third-order valence-corrected chi connectivity index (χ3v) is 3.05. The number of nitriles is 1. The summed E-state index contributed by atoms with van der Waals surface area (Å²) < 4.78 is 10.8. The van der Waals surface area contributed by atoms with E-state index in [0.717, 1.165) is 29.9 Å². The molecule has 0 N–H and O–H groups in total. The van der Waals surface area contributed by atoms with Crippen LogP contribution in [0.4, 0.5) is 0 Å². The second-order valence-corrected chi connectivity index (χ2v) is 4.26. The monoisotopic (exact) mass is 231 g/mol. The lowest BCUT2D eigenvalue weighted by Gasteiger charge is -2.11. The molecule has 0 saturated heterocycles. The zero-order chi connectivity index (χ0) is 12.1. The number of rotatable bonds is 5. The van der Waals surface area contributed by atoms with Gasteiger partial charge in [-0.3, -0.25) is 0 Å². The fraction of sp³-hybridized carbons (Fsp3) is 0.500. The van der Waals surface area contributed by atoms with Gasteiger partial charge in [0.1, 0.15) is 0 Å². The molecule has 0 bridgehead atoms. The van der Waals surface area contributed by atoms with Gasteiger partial charge in [-0.15, -0.1) is 0 Å². The van der Waals surface area contributed by atoms with Crippen LogP contribution in [0.3, 0.4) is 0 Å². The summed E-state index contributed by atoms with van der Waals surface area (Å²) >= 11 is 0. The van der Waals surface area contributed by atoms with Gasteiger partial charge < -0.3 is 9.47 Å². The van der Waals surface area contributed by atoms with Gasteiger partial charge in [0, 0.05) is 5.56 Å². The second kappa shape index (κ2) is 5.58. The standard InChI is InChI=1S/C14H17NO2/c1-2-3-4-6-11(9-15)12-7-5-8-13-14(12)17-10-16-13/h5,7-8,11H,2-4,6,10H2,1H3. The minimum absolute atomic E-state index is 0.0850. The predicted molar refractivity (Wildman–Crippen MR) is 65.1 cm³/mol. The molecule has 0 saturated carbocycles.